The van der Waals surface area contributed by atoms with Crippen molar-refractivity contribution in [3.63, 3.8) is 0 Å². The molecule has 6 heteroatoms. The summed E-state index contributed by atoms with van der Waals surface area (Å²) < 4.78 is 0. The molecule has 98 valence electrons. The van der Waals surface area contributed by atoms with Crippen LogP contribution in [0.3, 0.4) is 0 Å². The van der Waals surface area contributed by atoms with E-state index in [-0.39, 0.29) is 17.4 Å². The van der Waals surface area contributed by atoms with Crippen LogP contribution < -0.4 is 5.32 Å². The van der Waals surface area contributed by atoms with Crippen LogP contribution in [0, 0.1) is 6.92 Å². The van der Waals surface area contributed by atoms with Gasteiger partial charge in [-0.25, -0.2) is 9.97 Å². The van der Waals surface area contributed by atoms with E-state index < -0.39 is 0 Å². The number of rotatable bonds is 4. The maximum absolute atomic E-state index is 9.38. The number of aliphatic hydroxyl groups excluding tert-OH is 1. The minimum Gasteiger partial charge on any atom is -0.393 e. The number of hydrogen-bond acceptors (Lipinski definition) is 5. The van der Waals surface area contributed by atoms with Gasteiger partial charge in [0.05, 0.1) is 11.5 Å². The van der Waals surface area contributed by atoms with E-state index in [1.165, 1.54) is 4.88 Å². The maximum Gasteiger partial charge on any atom is 0.225 e. The van der Waals surface area contributed by atoms with Crippen LogP contribution >= 0.6 is 22.9 Å². The van der Waals surface area contributed by atoms with Crippen LogP contribution in [-0.2, 0) is 0 Å². The monoisotopic (exact) mass is 285 g/mol. The summed E-state index contributed by atoms with van der Waals surface area (Å²) in [6, 6.07) is 2.17. The predicted octanol–water partition coefficient (Wildman–Crippen LogP) is 3.22. The summed E-state index contributed by atoms with van der Waals surface area (Å²) in [4.78, 5) is 10.5. The lowest BCUT2D eigenvalue weighted by Gasteiger charge is -2.16. The van der Waals surface area contributed by atoms with Crippen LogP contribution in [0.5, 0.6) is 0 Å². The van der Waals surface area contributed by atoms with E-state index in [0.717, 1.165) is 16.0 Å². The van der Waals surface area contributed by atoms with Gasteiger partial charge in [0.15, 0.2) is 0 Å². The van der Waals surface area contributed by atoms with Gasteiger partial charge in [-0.05, 0) is 44.9 Å². The highest BCUT2D eigenvalue weighted by Crippen LogP contribution is 2.30. The quantitative estimate of drug-likeness (QED) is 0.847. The molecule has 0 radical (unpaired) electrons. The molecule has 18 heavy (non-hydrogen) atoms. The number of aromatic nitrogens is 2. The molecule has 2 N–H and O–H groups in total. The minimum absolute atomic E-state index is 0.124. The zero-order chi connectivity index (χ0) is 13.3. The molecule has 0 bridgehead atoms. The zero-order valence-electron chi connectivity index (χ0n) is 10.6. The Bertz CT molecular complexity index is 555. The van der Waals surface area contributed by atoms with Crippen LogP contribution in [0.15, 0.2) is 6.07 Å². The normalized spacial score (nSPS) is 14.7. The highest BCUT2D eigenvalue weighted by molar-refractivity contribution is 7.18. The Hall–Kier alpha value is -0.910. The Morgan fingerprint density at radius 3 is 2.83 bits per heavy atom. The van der Waals surface area contributed by atoms with Crippen LogP contribution in [0.4, 0.5) is 5.82 Å². The number of anilines is 1. The van der Waals surface area contributed by atoms with Crippen LogP contribution in [-0.4, -0.2) is 27.2 Å². The molecule has 2 rings (SSSR count). The summed E-state index contributed by atoms with van der Waals surface area (Å²) in [6.07, 6.45) is 0.316. The lowest BCUT2D eigenvalue weighted by atomic mass is 10.1. The lowest BCUT2D eigenvalue weighted by molar-refractivity contribution is 0.179. The van der Waals surface area contributed by atoms with Crippen molar-refractivity contribution < 1.29 is 5.11 Å². The van der Waals surface area contributed by atoms with Crippen molar-refractivity contribution in [3.05, 3.63) is 16.2 Å². The van der Waals surface area contributed by atoms with Crippen molar-refractivity contribution in [2.24, 2.45) is 0 Å². The molecule has 2 unspecified atom stereocenters. The van der Waals surface area contributed by atoms with Crippen molar-refractivity contribution in [2.75, 3.05) is 5.32 Å². The first-order chi connectivity index (χ1) is 8.45. The first-order valence-electron chi connectivity index (χ1n) is 5.84. The standard InChI is InChI=1S/C12H16ClN3OS/c1-6(4-7(2)17)14-10-9-5-8(3)18-11(9)16-12(13)15-10/h5-7,17H,4H2,1-3H3,(H,14,15,16). The second-order valence-corrected chi connectivity index (χ2v) is 6.12. The molecule has 4 nitrogen and oxygen atoms in total. The van der Waals surface area contributed by atoms with E-state index in [2.05, 4.69) is 15.3 Å². The highest BCUT2D eigenvalue weighted by Gasteiger charge is 2.13. The number of fused-ring (bicyclic) bond motifs is 1. The molecule has 0 aliphatic carbocycles. The molecule has 0 spiro atoms. The smallest absolute Gasteiger partial charge is 0.225 e. The van der Waals surface area contributed by atoms with Gasteiger partial charge in [-0.2, -0.15) is 0 Å². The first kappa shape index (κ1) is 13.5. The number of hydrogen-bond donors (Lipinski definition) is 2. The molecule has 0 fully saturated rings. The Balaban J connectivity index is 2.31. The molecule has 0 aliphatic rings. The van der Waals surface area contributed by atoms with Crippen molar-refractivity contribution in [3.8, 4) is 0 Å². The average molecular weight is 286 g/mol. The average Bonchev–Trinajstić information content (AvgIpc) is 2.56. The number of nitrogens with zero attached hydrogens (tertiary/aromatic N) is 2. The van der Waals surface area contributed by atoms with E-state index in [0.29, 0.717) is 6.42 Å². The summed E-state index contributed by atoms with van der Waals surface area (Å²) in [5, 5.41) is 13.9. The van der Waals surface area contributed by atoms with Gasteiger partial charge in [-0.15, -0.1) is 11.3 Å². The second-order valence-electron chi connectivity index (χ2n) is 4.55. The largest absolute Gasteiger partial charge is 0.393 e. The van der Waals surface area contributed by atoms with Gasteiger partial charge in [0, 0.05) is 10.9 Å². The number of aliphatic hydroxyl groups is 1. The van der Waals surface area contributed by atoms with Gasteiger partial charge in [-0.1, -0.05) is 0 Å². The summed E-state index contributed by atoms with van der Waals surface area (Å²) in [6.45, 7) is 5.81. The van der Waals surface area contributed by atoms with Crippen molar-refractivity contribution in [1.82, 2.24) is 9.97 Å². The van der Waals surface area contributed by atoms with E-state index in [4.69, 9.17) is 11.6 Å². The Morgan fingerprint density at radius 1 is 1.44 bits per heavy atom. The van der Waals surface area contributed by atoms with E-state index in [1.807, 2.05) is 19.9 Å². The molecule has 0 aromatic carbocycles. The Kier molecular flexibility index (Phi) is 4.04. The number of nitrogens with one attached hydrogen (secondary N) is 1. The fourth-order valence-corrected chi connectivity index (χ4v) is 3.03. The van der Waals surface area contributed by atoms with Gasteiger partial charge in [-0.3, -0.25) is 0 Å². The van der Waals surface area contributed by atoms with Crippen molar-refractivity contribution in [2.45, 2.75) is 39.3 Å². The molecule has 2 aromatic heterocycles. The molecule has 0 saturated heterocycles. The number of thiophene rings is 1. The van der Waals surface area contributed by atoms with E-state index >= 15 is 0 Å². The van der Waals surface area contributed by atoms with Gasteiger partial charge >= 0.3 is 0 Å². The molecule has 0 aliphatic heterocycles. The van der Waals surface area contributed by atoms with E-state index in [9.17, 15) is 5.11 Å². The molecule has 0 amide bonds. The summed E-state index contributed by atoms with van der Waals surface area (Å²) in [7, 11) is 0. The van der Waals surface area contributed by atoms with Gasteiger partial charge < -0.3 is 10.4 Å². The predicted molar refractivity (Wildman–Crippen MR) is 76.5 cm³/mol. The number of halogens is 1. The molecular formula is C12H16ClN3OS. The minimum atomic E-state index is -0.343. The Morgan fingerprint density at radius 2 is 2.17 bits per heavy atom. The highest BCUT2D eigenvalue weighted by atomic mass is 35.5. The SMILES string of the molecule is Cc1cc2c(NC(C)CC(C)O)nc(Cl)nc2s1. The second kappa shape index (κ2) is 5.38. The number of aryl methyl sites for hydroxylation is 1. The fourth-order valence-electron chi connectivity index (χ4n) is 1.93. The fraction of sp³-hybridized carbons (Fsp3) is 0.500. The molecular weight excluding hydrogens is 270 g/mol. The topological polar surface area (TPSA) is 58.0 Å². The van der Waals surface area contributed by atoms with Gasteiger partial charge in [0.2, 0.25) is 5.28 Å². The summed E-state index contributed by atoms with van der Waals surface area (Å²) in [5.41, 5.74) is 0. The van der Waals surface area contributed by atoms with Crippen LogP contribution in [0.25, 0.3) is 10.2 Å². The molecule has 0 saturated carbocycles. The van der Waals surface area contributed by atoms with Crippen LogP contribution in [0.1, 0.15) is 25.1 Å². The van der Waals surface area contributed by atoms with Gasteiger partial charge in [0.25, 0.3) is 0 Å². The third-order valence-electron chi connectivity index (χ3n) is 2.57. The molecule has 2 atom stereocenters. The van der Waals surface area contributed by atoms with E-state index in [1.54, 1.807) is 18.3 Å². The van der Waals surface area contributed by atoms with Crippen LogP contribution in [0.2, 0.25) is 5.28 Å². The zero-order valence-corrected chi connectivity index (χ0v) is 12.1. The summed E-state index contributed by atoms with van der Waals surface area (Å²) >= 11 is 7.51. The van der Waals surface area contributed by atoms with Crippen molar-refractivity contribution in [1.29, 1.82) is 0 Å². The van der Waals surface area contributed by atoms with Crippen molar-refractivity contribution >= 4 is 39.0 Å². The lowest BCUT2D eigenvalue weighted by Crippen LogP contribution is -2.21. The molecule has 2 aromatic rings. The third kappa shape index (κ3) is 3.10. The maximum atomic E-state index is 9.38. The Labute approximate surface area is 115 Å². The first-order valence-corrected chi connectivity index (χ1v) is 7.03. The van der Waals surface area contributed by atoms with Gasteiger partial charge in [0.1, 0.15) is 10.6 Å². The summed E-state index contributed by atoms with van der Waals surface area (Å²) in [5.74, 6) is 0.738. The molecule has 2 heterocycles. The third-order valence-corrected chi connectivity index (χ3v) is 3.68.